The van der Waals surface area contributed by atoms with Gasteiger partial charge in [-0.1, -0.05) is 18.2 Å². The highest BCUT2D eigenvalue weighted by atomic mass is 35.5. The van der Waals surface area contributed by atoms with Crippen molar-refractivity contribution in [2.75, 3.05) is 7.11 Å². The van der Waals surface area contributed by atoms with Crippen LogP contribution in [0.25, 0.3) is 0 Å². The predicted molar refractivity (Wildman–Crippen MR) is 46.4 cm³/mol. The van der Waals surface area contributed by atoms with E-state index in [0.29, 0.717) is 0 Å². The number of hydrogen-bond acceptors (Lipinski definition) is 2. The number of benzene rings is 1. The van der Waals surface area contributed by atoms with Crippen LogP contribution in [0.3, 0.4) is 0 Å². The molecule has 3 heteroatoms. The van der Waals surface area contributed by atoms with Crippen LogP contribution in [0.2, 0.25) is 0 Å². The van der Waals surface area contributed by atoms with Crippen LogP contribution in [0.5, 0.6) is 0 Å². The van der Waals surface area contributed by atoms with E-state index in [1.807, 2.05) is 30.3 Å². The van der Waals surface area contributed by atoms with Gasteiger partial charge in [0.1, 0.15) is 0 Å². The summed E-state index contributed by atoms with van der Waals surface area (Å²) in [6.07, 6.45) is 0. The molecule has 0 spiro atoms. The molecule has 0 aliphatic heterocycles. The van der Waals surface area contributed by atoms with Crippen molar-refractivity contribution in [1.82, 2.24) is 0 Å². The van der Waals surface area contributed by atoms with Crippen molar-refractivity contribution in [3.8, 4) is 0 Å². The Morgan fingerprint density at radius 2 is 2.00 bits per heavy atom. The summed E-state index contributed by atoms with van der Waals surface area (Å²) in [5.74, 6) is 0. The lowest BCUT2D eigenvalue weighted by Crippen LogP contribution is -1.87. The third-order valence-electron chi connectivity index (χ3n) is 1.14. The molecule has 11 heavy (non-hydrogen) atoms. The molecule has 0 heterocycles. The first-order valence-electron chi connectivity index (χ1n) is 3.16. The number of ether oxygens (including phenoxy) is 1. The molecule has 58 valence electrons. The number of hydrogen-bond donors (Lipinski definition) is 0. The van der Waals surface area contributed by atoms with E-state index in [9.17, 15) is 0 Å². The summed E-state index contributed by atoms with van der Waals surface area (Å²) in [5.41, 5.74) is 0.791. The van der Waals surface area contributed by atoms with Gasteiger partial charge in [0.15, 0.2) is 0 Å². The van der Waals surface area contributed by atoms with Gasteiger partial charge >= 0.3 is 0 Å². The van der Waals surface area contributed by atoms with E-state index in [2.05, 4.69) is 9.73 Å². The highest BCUT2D eigenvalue weighted by Crippen LogP contribution is 2.10. The lowest BCUT2D eigenvalue weighted by molar-refractivity contribution is 0.415. The van der Waals surface area contributed by atoms with Crippen molar-refractivity contribution in [3.05, 3.63) is 30.3 Å². The molecule has 0 saturated carbocycles. The molecule has 1 aromatic rings. The Bertz CT molecular complexity index is 246. The first kappa shape index (κ1) is 8.08. The molecule has 0 aliphatic carbocycles. The Morgan fingerprint density at radius 1 is 1.36 bits per heavy atom. The second kappa shape index (κ2) is 3.98. The summed E-state index contributed by atoms with van der Waals surface area (Å²) >= 11 is 5.53. The average Bonchev–Trinajstić information content (AvgIpc) is 2.06. The van der Waals surface area contributed by atoms with Crippen LogP contribution in [0.1, 0.15) is 0 Å². The van der Waals surface area contributed by atoms with Gasteiger partial charge in [-0.15, -0.1) is 0 Å². The maximum atomic E-state index is 5.53. The van der Waals surface area contributed by atoms with Crippen LogP contribution in [-0.2, 0) is 4.74 Å². The lowest BCUT2D eigenvalue weighted by Gasteiger charge is -1.94. The van der Waals surface area contributed by atoms with Crippen molar-refractivity contribution >= 4 is 22.6 Å². The molecule has 0 aliphatic rings. The highest BCUT2D eigenvalue weighted by molar-refractivity contribution is 6.63. The fourth-order valence-corrected chi connectivity index (χ4v) is 0.747. The minimum Gasteiger partial charge on any atom is -0.472 e. The Morgan fingerprint density at radius 3 is 2.55 bits per heavy atom. The van der Waals surface area contributed by atoms with Crippen LogP contribution >= 0.6 is 11.6 Å². The Balaban J connectivity index is 2.79. The van der Waals surface area contributed by atoms with Gasteiger partial charge in [-0.25, -0.2) is 4.99 Å². The zero-order valence-electron chi connectivity index (χ0n) is 6.12. The van der Waals surface area contributed by atoms with Gasteiger partial charge in [0, 0.05) is 0 Å². The van der Waals surface area contributed by atoms with Crippen LogP contribution in [0, 0.1) is 0 Å². The molecule has 2 nitrogen and oxygen atoms in total. The second-order valence-corrected chi connectivity index (χ2v) is 2.23. The van der Waals surface area contributed by atoms with E-state index in [1.165, 1.54) is 7.11 Å². The zero-order chi connectivity index (χ0) is 8.10. The SMILES string of the molecule is COC(Cl)=Nc1ccccc1. The number of rotatable bonds is 1. The lowest BCUT2D eigenvalue weighted by atomic mass is 10.3. The molecular formula is C8H8ClNO. The van der Waals surface area contributed by atoms with Gasteiger partial charge in [-0.05, 0) is 23.7 Å². The molecule has 0 fully saturated rings. The van der Waals surface area contributed by atoms with E-state index in [4.69, 9.17) is 11.6 Å². The highest BCUT2D eigenvalue weighted by Gasteiger charge is 1.90. The van der Waals surface area contributed by atoms with Gasteiger partial charge in [-0.3, -0.25) is 0 Å². The topological polar surface area (TPSA) is 21.6 Å². The summed E-state index contributed by atoms with van der Waals surface area (Å²) in [7, 11) is 1.48. The monoisotopic (exact) mass is 169 g/mol. The van der Waals surface area contributed by atoms with E-state index in [1.54, 1.807) is 0 Å². The fraction of sp³-hybridized carbons (Fsp3) is 0.125. The predicted octanol–water partition coefficient (Wildman–Crippen LogP) is 2.56. The Hall–Kier alpha value is -1.02. The van der Waals surface area contributed by atoms with Crippen molar-refractivity contribution in [2.24, 2.45) is 4.99 Å². The summed E-state index contributed by atoms with van der Waals surface area (Å²) in [5, 5.41) is 0.149. The van der Waals surface area contributed by atoms with Gasteiger partial charge in [0.05, 0.1) is 12.8 Å². The first-order chi connectivity index (χ1) is 5.33. The minimum absolute atomic E-state index is 0.149. The normalized spacial score (nSPS) is 11.3. The van der Waals surface area contributed by atoms with Crippen molar-refractivity contribution in [2.45, 2.75) is 0 Å². The first-order valence-corrected chi connectivity index (χ1v) is 3.54. The third-order valence-corrected chi connectivity index (χ3v) is 1.38. The number of methoxy groups -OCH3 is 1. The molecule has 0 amide bonds. The Labute approximate surface area is 70.5 Å². The van der Waals surface area contributed by atoms with Crippen LogP contribution < -0.4 is 0 Å². The quantitative estimate of drug-likeness (QED) is 0.468. The average molecular weight is 170 g/mol. The molecule has 0 saturated heterocycles. The largest absolute Gasteiger partial charge is 0.472 e. The molecule has 1 rings (SSSR count). The summed E-state index contributed by atoms with van der Waals surface area (Å²) in [6, 6.07) is 9.39. The summed E-state index contributed by atoms with van der Waals surface area (Å²) in [6.45, 7) is 0. The van der Waals surface area contributed by atoms with Crippen molar-refractivity contribution in [3.63, 3.8) is 0 Å². The molecule has 0 bridgehead atoms. The van der Waals surface area contributed by atoms with Crippen LogP contribution in [0.15, 0.2) is 35.3 Å². The second-order valence-electron chi connectivity index (χ2n) is 1.90. The number of aliphatic imine (C=N–C) groups is 1. The van der Waals surface area contributed by atoms with E-state index in [0.717, 1.165) is 5.69 Å². The van der Waals surface area contributed by atoms with E-state index in [-0.39, 0.29) is 5.36 Å². The fourth-order valence-electron chi connectivity index (χ4n) is 0.650. The van der Waals surface area contributed by atoms with E-state index < -0.39 is 0 Å². The standard InChI is InChI=1S/C8H8ClNO/c1-11-8(9)10-7-5-3-2-4-6-7/h2-6H,1H3. The molecule has 0 aromatic heterocycles. The van der Waals surface area contributed by atoms with E-state index >= 15 is 0 Å². The maximum Gasteiger partial charge on any atom is 0.287 e. The molecule has 0 N–H and O–H groups in total. The zero-order valence-corrected chi connectivity index (χ0v) is 6.88. The smallest absolute Gasteiger partial charge is 0.287 e. The molecule has 0 unspecified atom stereocenters. The van der Waals surface area contributed by atoms with Gasteiger partial charge in [0.25, 0.3) is 5.36 Å². The van der Waals surface area contributed by atoms with Gasteiger partial charge in [-0.2, -0.15) is 0 Å². The molecule has 0 radical (unpaired) electrons. The molecule has 1 aromatic carbocycles. The van der Waals surface area contributed by atoms with Crippen molar-refractivity contribution < 1.29 is 4.74 Å². The number of para-hydroxylation sites is 1. The third kappa shape index (κ3) is 2.60. The van der Waals surface area contributed by atoms with Gasteiger partial charge in [0.2, 0.25) is 0 Å². The minimum atomic E-state index is 0.149. The molecular weight excluding hydrogens is 162 g/mol. The summed E-state index contributed by atoms with van der Waals surface area (Å²) < 4.78 is 4.67. The Kier molecular flexibility index (Phi) is 2.93. The maximum absolute atomic E-state index is 5.53. The van der Waals surface area contributed by atoms with Gasteiger partial charge < -0.3 is 4.74 Å². The number of nitrogens with zero attached hydrogens (tertiary/aromatic N) is 1. The summed E-state index contributed by atoms with van der Waals surface area (Å²) in [4.78, 5) is 3.94. The molecule has 0 atom stereocenters. The van der Waals surface area contributed by atoms with Crippen molar-refractivity contribution in [1.29, 1.82) is 0 Å². The van der Waals surface area contributed by atoms with Crippen LogP contribution in [0.4, 0.5) is 5.69 Å². The number of halogens is 1. The van der Waals surface area contributed by atoms with Crippen LogP contribution in [-0.4, -0.2) is 12.5 Å².